The van der Waals surface area contributed by atoms with E-state index in [2.05, 4.69) is 34.9 Å². The number of quaternary nitrogens is 1. The standard InChI is InChI=1S/C25H54N/c1-6-7-8-9-10-11-12-13-14-15-16-17-18-20-23-26(4,5)24-21-19-22-25(2)3/h25H,6-24H2,1-5H3/q+1. The van der Waals surface area contributed by atoms with Crippen LogP contribution in [0.2, 0.25) is 0 Å². The van der Waals surface area contributed by atoms with Crippen LogP contribution < -0.4 is 0 Å². The van der Waals surface area contributed by atoms with Crippen molar-refractivity contribution in [1.29, 1.82) is 0 Å². The normalized spacial score (nSPS) is 12.2. The third-order valence-electron chi connectivity index (χ3n) is 5.91. The van der Waals surface area contributed by atoms with E-state index < -0.39 is 0 Å². The fourth-order valence-corrected chi connectivity index (χ4v) is 3.94. The van der Waals surface area contributed by atoms with E-state index in [-0.39, 0.29) is 0 Å². The molecule has 158 valence electrons. The summed E-state index contributed by atoms with van der Waals surface area (Å²) in [6.07, 6.45) is 24.6. The summed E-state index contributed by atoms with van der Waals surface area (Å²) in [6.45, 7) is 9.73. The molecule has 0 aromatic rings. The summed E-state index contributed by atoms with van der Waals surface area (Å²) in [6, 6.07) is 0. The minimum atomic E-state index is 0.872. The molecule has 0 bridgehead atoms. The van der Waals surface area contributed by atoms with Gasteiger partial charge in [-0.2, -0.15) is 0 Å². The maximum atomic E-state index is 2.43. The highest BCUT2D eigenvalue weighted by Gasteiger charge is 2.13. The molecule has 0 radical (unpaired) electrons. The molecule has 0 aliphatic heterocycles. The Morgan fingerprint density at radius 2 is 0.846 bits per heavy atom. The molecule has 0 heterocycles. The molecule has 0 fully saturated rings. The van der Waals surface area contributed by atoms with Crippen LogP contribution in [0.3, 0.4) is 0 Å². The molecule has 0 amide bonds. The van der Waals surface area contributed by atoms with Crippen molar-refractivity contribution < 1.29 is 4.48 Å². The molecule has 0 aliphatic rings. The summed E-state index contributed by atoms with van der Waals surface area (Å²) in [4.78, 5) is 0. The summed E-state index contributed by atoms with van der Waals surface area (Å²) in [5.74, 6) is 0.872. The lowest BCUT2D eigenvalue weighted by molar-refractivity contribution is -0.890. The van der Waals surface area contributed by atoms with Gasteiger partial charge in [-0.15, -0.1) is 0 Å². The fraction of sp³-hybridized carbons (Fsp3) is 1.00. The first-order valence-electron chi connectivity index (χ1n) is 12.3. The largest absolute Gasteiger partial charge is 0.328 e. The predicted molar refractivity (Wildman–Crippen MR) is 121 cm³/mol. The number of unbranched alkanes of at least 4 members (excludes halogenated alkanes) is 14. The van der Waals surface area contributed by atoms with Crippen molar-refractivity contribution in [2.24, 2.45) is 5.92 Å². The van der Waals surface area contributed by atoms with Crippen molar-refractivity contribution in [3.63, 3.8) is 0 Å². The topological polar surface area (TPSA) is 0 Å². The number of hydrogen-bond donors (Lipinski definition) is 0. The minimum absolute atomic E-state index is 0.872. The molecule has 0 unspecified atom stereocenters. The summed E-state index contributed by atoms with van der Waals surface area (Å²) in [5, 5.41) is 0. The molecule has 0 spiro atoms. The third kappa shape index (κ3) is 20.3. The lowest BCUT2D eigenvalue weighted by atomic mass is 10.0. The number of rotatable bonds is 20. The van der Waals surface area contributed by atoms with Gasteiger partial charge in [0.05, 0.1) is 27.2 Å². The average molecular weight is 369 g/mol. The second-order valence-electron chi connectivity index (χ2n) is 9.87. The molecule has 0 saturated carbocycles. The van der Waals surface area contributed by atoms with E-state index in [1.165, 1.54) is 127 Å². The molecular weight excluding hydrogens is 314 g/mol. The Hall–Kier alpha value is -0.0400. The van der Waals surface area contributed by atoms with Crippen LogP contribution in [0.1, 0.15) is 130 Å². The first-order chi connectivity index (χ1) is 12.5. The highest BCUT2D eigenvalue weighted by atomic mass is 15.3. The van der Waals surface area contributed by atoms with Crippen LogP contribution >= 0.6 is 0 Å². The molecule has 26 heavy (non-hydrogen) atoms. The Morgan fingerprint density at radius 1 is 0.500 bits per heavy atom. The van der Waals surface area contributed by atoms with Gasteiger partial charge in [-0.05, 0) is 31.6 Å². The molecule has 0 aromatic carbocycles. The van der Waals surface area contributed by atoms with Crippen molar-refractivity contribution in [2.45, 2.75) is 130 Å². The van der Waals surface area contributed by atoms with Crippen LogP contribution in [0.15, 0.2) is 0 Å². The van der Waals surface area contributed by atoms with Gasteiger partial charge in [0.15, 0.2) is 0 Å². The van der Waals surface area contributed by atoms with E-state index in [1.807, 2.05) is 0 Å². The fourth-order valence-electron chi connectivity index (χ4n) is 3.94. The molecule has 1 nitrogen and oxygen atoms in total. The lowest BCUT2D eigenvalue weighted by Gasteiger charge is -2.30. The lowest BCUT2D eigenvalue weighted by Crippen LogP contribution is -2.41. The van der Waals surface area contributed by atoms with E-state index in [0.717, 1.165) is 5.92 Å². The summed E-state index contributed by atoms with van der Waals surface area (Å²) in [7, 11) is 4.86. The number of hydrogen-bond acceptors (Lipinski definition) is 0. The summed E-state index contributed by atoms with van der Waals surface area (Å²) < 4.78 is 1.23. The SMILES string of the molecule is CCCCCCCCCCCCCCCC[N+](C)(C)CCCCC(C)C. The molecule has 0 rings (SSSR count). The molecular formula is C25H54N+. The van der Waals surface area contributed by atoms with Crippen LogP contribution in [-0.2, 0) is 0 Å². The zero-order chi connectivity index (χ0) is 19.5. The van der Waals surface area contributed by atoms with E-state index >= 15 is 0 Å². The summed E-state index contributed by atoms with van der Waals surface area (Å²) in [5.41, 5.74) is 0. The van der Waals surface area contributed by atoms with Gasteiger partial charge in [0, 0.05) is 0 Å². The van der Waals surface area contributed by atoms with Gasteiger partial charge in [-0.3, -0.25) is 0 Å². The van der Waals surface area contributed by atoms with Crippen molar-refractivity contribution in [3.8, 4) is 0 Å². The Balaban J connectivity index is 3.26. The third-order valence-corrected chi connectivity index (χ3v) is 5.91. The van der Waals surface area contributed by atoms with Crippen LogP contribution in [0, 0.1) is 5.92 Å². The first kappa shape index (κ1) is 26.0. The molecule has 0 atom stereocenters. The van der Waals surface area contributed by atoms with Gasteiger partial charge in [0.25, 0.3) is 0 Å². The van der Waals surface area contributed by atoms with Gasteiger partial charge in [0.1, 0.15) is 0 Å². The van der Waals surface area contributed by atoms with Crippen LogP contribution in [0.5, 0.6) is 0 Å². The van der Waals surface area contributed by atoms with Crippen LogP contribution in [0.4, 0.5) is 0 Å². The smallest absolute Gasteiger partial charge is 0.0782 e. The van der Waals surface area contributed by atoms with Crippen LogP contribution in [-0.4, -0.2) is 31.7 Å². The van der Waals surface area contributed by atoms with Crippen molar-refractivity contribution in [1.82, 2.24) is 0 Å². The molecule has 0 aromatic heterocycles. The second kappa shape index (κ2) is 18.3. The predicted octanol–water partition coefficient (Wildman–Crippen LogP) is 8.37. The molecule has 1 heteroatoms. The van der Waals surface area contributed by atoms with Crippen molar-refractivity contribution in [3.05, 3.63) is 0 Å². The van der Waals surface area contributed by atoms with Gasteiger partial charge < -0.3 is 4.48 Å². The highest BCUT2D eigenvalue weighted by Crippen LogP contribution is 2.14. The zero-order valence-electron chi connectivity index (χ0n) is 19.5. The highest BCUT2D eigenvalue weighted by molar-refractivity contribution is 4.50. The Labute approximate surface area is 167 Å². The van der Waals surface area contributed by atoms with Gasteiger partial charge >= 0.3 is 0 Å². The average Bonchev–Trinajstić information content (AvgIpc) is 2.59. The molecule has 0 saturated heterocycles. The summed E-state index contributed by atoms with van der Waals surface area (Å²) >= 11 is 0. The van der Waals surface area contributed by atoms with Crippen molar-refractivity contribution >= 4 is 0 Å². The number of nitrogens with zero attached hydrogens (tertiary/aromatic N) is 1. The van der Waals surface area contributed by atoms with E-state index in [9.17, 15) is 0 Å². The molecule has 0 N–H and O–H groups in total. The van der Waals surface area contributed by atoms with Gasteiger partial charge in [0.2, 0.25) is 0 Å². The van der Waals surface area contributed by atoms with E-state index in [1.54, 1.807) is 0 Å². The van der Waals surface area contributed by atoms with E-state index in [4.69, 9.17) is 0 Å². The minimum Gasteiger partial charge on any atom is -0.328 e. The first-order valence-corrected chi connectivity index (χ1v) is 12.3. The Kier molecular flexibility index (Phi) is 18.3. The Morgan fingerprint density at radius 3 is 1.23 bits per heavy atom. The zero-order valence-corrected chi connectivity index (χ0v) is 19.5. The van der Waals surface area contributed by atoms with Crippen molar-refractivity contribution in [2.75, 3.05) is 27.2 Å². The monoisotopic (exact) mass is 368 g/mol. The van der Waals surface area contributed by atoms with Gasteiger partial charge in [-0.1, -0.05) is 104 Å². The van der Waals surface area contributed by atoms with Gasteiger partial charge in [-0.25, -0.2) is 0 Å². The maximum absolute atomic E-state index is 2.43. The maximum Gasteiger partial charge on any atom is 0.0782 e. The van der Waals surface area contributed by atoms with Crippen LogP contribution in [0.25, 0.3) is 0 Å². The quantitative estimate of drug-likeness (QED) is 0.149. The molecule has 0 aliphatic carbocycles. The second-order valence-corrected chi connectivity index (χ2v) is 9.87. The van der Waals surface area contributed by atoms with E-state index in [0.29, 0.717) is 0 Å². The Bertz CT molecular complexity index is 269.